The monoisotopic (exact) mass is 142 g/mol. The number of nitrogens with zero attached hydrogens (tertiary/aromatic N) is 1. The summed E-state index contributed by atoms with van der Waals surface area (Å²) in [6, 6.07) is 0. The van der Waals surface area contributed by atoms with E-state index in [0.717, 1.165) is 6.47 Å². The summed E-state index contributed by atoms with van der Waals surface area (Å²) in [7, 11) is 0. The van der Waals surface area contributed by atoms with E-state index in [0.29, 0.717) is 5.06 Å². The Morgan fingerprint density at radius 2 is 2.20 bits per heavy atom. The maximum absolute atomic E-state index is 10.6. The van der Waals surface area contributed by atoms with Crippen LogP contribution in [0.2, 0.25) is 0 Å². The molecule has 0 spiro atoms. The minimum absolute atomic E-state index is 0.112. The molecule has 1 aliphatic heterocycles. The normalized spacial score (nSPS) is 17.8. The van der Waals surface area contributed by atoms with Crippen LogP contribution in [0.4, 0.5) is 0 Å². The van der Waals surface area contributed by atoms with E-state index in [4.69, 9.17) is 0 Å². The van der Waals surface area contributed by atoms with Crippen LogP contribution < -0.4 is 0 Å². The highest BCUT2D eigenvalue weighted by Gasteiger charge is 2.30. The van der Waals surface area contributed by atoms with Crippen LogP contribution in [0.1, 0.15) is 6.42 Å². The molecule has 0 atom stereocenters. The van der Waals surface area contributed by atoms with Crippen molar-refractivity contribution in [2.24, 2.45) is 0 Å². The number of hydrogen-bond acceptors (Lipinski definition) is 4. The summed E-state index contributed by atoms with van der Waals surface area (Å²) < 4.78 is 0. The van der Waals surface area contributed by atoms with Crippen LogP contribution in [-0.2, 0) is 19.2 Å². The molecule has 0 aromatic heterocycles. The Bertz CT molecular complexity index is 188. The Hall–Kier alpha value is -1.39. The van der Waals surface area contributed by atoms with Gasteiger partial charge in [-0.2, -0.15) is 5.06 Å². The zero-order chi connectivity index (χ0) is 7.56. The Kier molecular flexibility index (Phi) is 1.66. The van der Waals surface area contributed by atoms with Crippen molar-refractivity contribution in [1.29, 1.82) is 0 Å². The Morgan fingerprint density at radius 1 is 1.50 bits per heavy atom. The molecule has 53 valence electrons. The summed E-state index contributed by atoms with van der Waals surface area (Å²) in [5, 5.41) is 0.690. The third kappa shape index (κ3) is 0.975. The number of hydrogen-bond donors (Lipinski definition) is 0. The lowest BCUT2D eigenvalue weighted by molar-refractivity contribution is -0.157. The van der Waals surface area contributed by atoms with E-state index in [1.54, 1.807) is 0 Å². The summed E-state index contributed by atoms with van der Waals surface area (Å²) in [6.07, 6.45) is 0.112. The second kappa shape index (κ2) is 2.47. The van der Waals surface area contributed by atoms with E-state index >= 15 is 0 Å². The van der Waals surface area contributed by atoms with Crippen molar-refractivity contribution in [2.45, 2.75) is 6.42 Å². The first-order valence-electron chi connectivity index (χ1n) is 2.64. The first-order valence-corrected chi connectivity index (χ1v) is 2.64. The molecular weight excluding hydrogens is 138 g/mol. The third-order valence-corrected chi connectivity index (χ3v) is 1.15. The molecule has 5 heteroatoms. The van der Waals surface area contributed by atoms with E-state index in [1.165, 1.54) is 0 Å². The van der Waals surface area contributed by atoms with Gasteiger partial charge in [-0.1, -0.05) is 0 Å². The number of rotatable bonds is 2. The average molecular weight is 142 g/mol. The van der Waals surface area contributed by atoms with Gasteiger partial charge in [0.2, 0.25) is 5.78 Å². The molecule has 1 amide bonds. The van der Waals surface area contributed by atoms with Gasteiger partial charge in [-0.15, -0.1) is 0 Å². The fourth-order valence-corrected chi connectivity index (χ4v) is 0.683. The highest BCUT2D eigenvalue weighted by Crippen LogP contribution is 2.04. The first-order chi connectivity index (χ1) is 4.75. The molecule has 10 heavy (non-hydrogen) atoms. The van der Waals surface area contributed by atoms with Gasteiger partial charge in [0.1, 0.15) is 0 Å². The molecule has 1 heterocycles. The van der Waals surface area contributed by atoms with Gasteiger partial charge >= 0.3 is 12.4 Å². The average Bonchev–Trinajstić information content (AvgIpc) is 2.20. The second-order valence-corrected chi connectivity index (χ2v) is 1.76. The number of Topliss-reactive ketones (excluding diaryl/α,β-unsaturated/α-hetero) is 1. The third-order valence-electron chi connectivity index (χ3n) is 1.15. The van der Waals surface area contributed by atoms with Gasteiger partial charge < -0.3 is 4.84 Å². The highest BCUT2D eigenvalue weighted by atomic mass is 16.7. The summed E-state index contributed by atoms with van der Waals surface area (Å²) in [5.41, 5.74) is 0. The van der Waals surface area contributed by atoms with Crippen molar-refractivity contribution in [2.75, 3.05) is 6.54 Å². The van der Waals surface area contributed by atoms with Gasteiger partial charge in [-0.3, -0.25) is 9.59 Å². The SMILES string of the molecule is O=[C]ON1CCC(=O)C1=O. The maximum Gasteiger partial charge on any atom is 0.444 e. The first kappa shape index (κ1) is 6.73. The molecule has 0 aliphatic carbocycles. The largest absolute Gasteiger partial charge is 0.444 e. The van der Waals surface area contributed by atoms with Crippen molar-refractivity contribution >= 4 is 18.2 Å². The molecule has 1 fully saturated rings. The minimum atomic E-state index is -0.775. The molecule has 1 aliphatic rings. The van der Waals surface area contributed by atoms with Crippen molar-refractivity contribution in [3.8, 4) is 0 Å². The number of carbonyl (C=O) groups is 2. The van der Waals surface area contributed by atoms with Crippen LogP contribution in [0.5, 0.6) is 0 Å². The molecule has 0 N–H and O–H groups in total. The standard InChI is InChI=1S/C5H4NO4/c7-3-10-6-2-1-4(8)5(6)9/h1-2H2. The van der Waals surface area contributed by atoms with Crippen LogP contribution in [0.25, 0.3) is 0 Å². The zero-order valence-electron chi connectivity index (χ0n) is 4.99. The van der Waals surface area contributed by atoms with Gasteiger partial charge in [0, 0.05) is 6.42 Å². The lowest BCUT2D eigenvalue weighted by Gasteiger charge is -2.06. The van der Waals surface area contributed by atoms with Gasteiger partial charge in [0.25, 0.3) is 0 Å². The van der Waals surface area contributed by atoms with E-state index in [-0.39, 0.29) is 13.0 Å². The summed E-state index contributed by atoms with van der Waals surface area (Å²) in [5.74, 6) is -1.31. The van der Waals surface area contributed by atoms with Crippen molar-refractivity contribution < 1.29 is 19.2 Å². The van der Waals surface area contributed by atoms with E-state index in [2.05, 4.69) is 4.84 Å². The summed E-state index contributed by atoms with van der Waals surface area (Å²) >= 11 is 0. The molecule has 0 aromatic carbocycles. The molecule has 0 aromatic rings. The van der Waals surface area contributed by atoms with Crippen molar-refractivity contribution in [3.05, 3.63) is 0 Å². The minimum Gasteiger partial charge on any atom is -0.327 e. The predicted molar refractivity (Wildman–Crippen MR) is 28.1 cm³/mol. The van der Waals surface area contributed by atoms with Crippen LogP contribution in [0, 0.1) is 0 Å². The number of hydroxylamine groups is 2. The fourth-order valence-electron chi connectivity index (χ4n) is 0.683. The van der Waals surface area contributed by atoms with Crippen molar-refractivity contribution in [3.63, 3.8) is 0 Å². The number of amides is 1. The number of ketones is 1. The van der Waals surface area contributed by atoms with Crippen LogP contribution in [-0.4, -0.2) is 29.8 Å². The van der Waals surface area contributed by atoms with Gasteiger partial charge in [-0.25, -0.2) is 4.79 Å². The maximum atomic E-state index is 10.6. The lowest BCUT2D eigenvalue weighted by Crippen LogP contribution is -2.26. The lowest BCUT2D eigenvalue weighted by atomic mass is 10.3. The molecule has 1 radical (unpaired) electrons. The number of carbonyl (C=O) groups excluding carboxylic acids is 3. The molecule has 5 nitrogen and oxygen atoms in total. The molecule has 0 bridgehead atoms. The molecule has 1 rings (SSSR count). The molecule has 0 unspecified atom stereocenters. The summed E-state index contributed by atoms with van der Waals surface area (Å²) in [6.45, 7) is 1.21. The quantitative estimate of drug-likeness (QED) is 0.453. The Balaban J connectivity index is 2.57. The van der Waals surface area contributed by atoms with Crippen molar-refractivity contribution in [1.82, 2.24) is 5.06 Å². The van der Waals surface area contributed by atoms with E-state index in [1.807, 2.05) is 0 Å². The summed E-state index contributed by atoms with van der Waals surface area (Å²) in [4.78, 5) is 34.6. The zero-order valence-corrected chi connectivity index (χ0v) is 4.99. The molecule has 0 saturated carbocycles. The van der Waals surface area contributed by atoms with Gasteiger partial charge in [0.15, 0.2) is 0 Å². The molecular formula is C5H4NO4. The van der Waals surface area contributed by atoms with E-state index in [9.17, 15) is 14.4 Å². The van der Waals surface area contributed by atoms with E-state index < -0.39 is 11.7 Å². The fraction of sp³-hybridized carbons (Fsp3) is 0.400. The van der Waals surface area contributed by atoms with Gasteiger partial charge in [0.05, 0.1) is 6.54 Å². The smallest absolute Gasteiger partial charge is 0.327 e. The van der Waals surface area contributed by atoms with Crippen LogP contribution in [0.15, 0.2) is 0 Å². The predicted octanol–water partition coefficient (Wildman–Crippen LogP) is -1.21. The highest BCUT2D eigenvalue weighted by molar-refractivity contribution is 6.37. The Morgan fingerprint density at radius 3 is 2.60 bits per heavy atom. The van der Waals surface area contributed by atoms with Crippen LogP contribution >= 0.6 is 0 Å². The Labute approximate surface area is 56.5 Å². The molecule has 1 saturated heterocycles. The second-order valence-electron chi connectivity index (χ2n) is 1.76. The van der Waals surface area contributed by atoms with Gasteiger partial charge in [-0.05, 0) is 0 Å². The topological polar surface area (TPSA) is 63.7 Å². The van der Waals surface area contributed by atoms with Crippen LogP contribution in [0.3, 0.4) is 0 Å².